The fraction of sp³-hybridized carbons (Fsp3) is 0.600. The number of hydrogen-bond acceptors (Lipinski definition) is 3. The summed E-state index contributed by atoms with van der Waals surface area (Å²) in [5.41, 5.74) is 0.126. The first kappa shape index (κ1) is 15.1. The van der Waals surface area contributed by atoms with Crippen LogP contribution < -0.4 is 4.90 Å². The fourth-order valence-electron chi connectivity index (χ4n) is 2.82. The van der Waals surface area contributed by atoms with Gasteiger partial charge in [-0.15, -0.1) is 0 Å². The third kappa shape index (κ3) is 3.23. The lowest BCUT2D eigenvalue weighted by atomic mass is 9.89. The highest BCUT2D eigenvalue weighted by Crippen LogP contribution is 2.31. The second-order valence-electron chi connectivity index (χ2n) is 5.72. The van der Waals surface area contributed by atoms with Crippen molar-refractivity contribution in [2.45, 2.75) is 33.1 Å². The van der Waals surface area contributed by atoms with E-state index in [1.807, 2.05) is 0 Å². The summed E-state index contributed by atoms with van der Waals surface area (Å²) in [4.78, 5) is 17.5. The highest BCUT2D eigenvalue weighted by Gasteiger charge is 2.23. The Morgan fingerprint density at radius 3 is 2.85 bits per heavy atom. The molecule has 0 spiro atoms. The molecule has 1 aromatic heterocycles. The van der Waals surface area contributed by atoms with Crippen LogP contribution >= 0.6 is 11.6 Å². The minimum absolute atomic E-state index is 0.126. The molecule has 0 bridgehead atoms. The predicted octanol–water partition coefficient (Wildman–Crippen LogP) is 3.70. The number of pyridine rings is 1. The van der Waals surface area contributed by atoms with Gasteiger partial charge in [-0.05, 0) is 37.2 Å². The third-order valence-electron chi connectivity index (χ3n) is 4.12. The van der Waals surface area contributed by atoms with Crippen LogP contribution in [0.25, 0.3) is 0 Å². The summed E-state index contributed by atoms with van der Waals surface area (Å²) in [5, 5.41) is 9.38. The van der Waals surface area contributed by atoms with Crippen LogP contribution in [0.2, 0.25) is 5.02 Å². The molecule has 1 unspecified atom stereocenters. The molecule has 1 aromatic rings. The maximum atomic E-state index is 11.1. The van der Waals surface area contributed by atoms with Gasteiger partial charge in [0.2, 0.25) is 0 Å². The average molecular weight is 297 g/mol. The molecule has 1 atom stereocenters. The first-order valence-corrected chi connectivity index (χ1v) is 7.51. The Morgan fingerprint density at radius 2 is 2.20 bits per heavy atom. The van der Waals surface area contributed by atoms with E-state index in [1.165, 1.54) is 18.7 Å². The number of aromatic carboxylic acids is 1. The highest BCUT2D eigenvalue weighted by atomic mass is 35.5. The molecule has 1 aliphatic rings. The molecular formula is C15H21ClN2O2. The third-order valence-corrected chi connectivity index (χ3v) is 4.49. The monoisotopic (exact) mass is 296 g/mol. The number of hydrogen-bond donors (Lipinski definition) is 1. The van der Waals surface area contributed by atoms with Gasteiger partial charge in [-0.25, -0.2) is 9.78 Å². The summed E-state index contributed by atoms with van der Waals surface area (Å²) in [7, 11) is 0. The van der Waals surface area contributed by atoms with Gasteiger partial charge >= 0.3 is 5.97 Å². The van der Waals surface area contributed by atoms with Crippen LogP contribution in [0.3, 0.4) is 0 Å². The van der Waals surface area contributed by atoms with Crippen molar-refractivity contribution >= 4 is 23.4 Å². The van der Waals surface area contributed by atoms with E-state index in [9.17, 15) is 4.79 Å². The summed E-state index contributed by atoms with van der Waals surface area (Å²) in [6.45, 7) is 6.30. The van der Waals surface area contributed by atoms with Crippen molar-refractivity contribution in [1.82, 2.24) is 4.98 Å². The van der Waals surface area contributed by atoms with Crippen LogP contribution in [0.15, 0.2) is 12.3 Å². The number of anilines is 1. The Kier molecular flexibility index (Phi) is 4.86. The first-order chi connectivity index (χ1) is 9.50. The van der Waals surface area contributed by atoms with Gasteiger partial charge in [-0.2, -0.15) is 0 Å². The largest absolute Gasteiger partial charge is 0.478 e. The number of nitrogens with zero attached hydrogens (tertiary/aromatic N) is 2. The Bertz CT molecular complexity index is 491. The van der Waals surface area contributed by atoms with E-state index in [-0.39, 0.29) is 10.6 Å². The maximum Gasteiger partial charge on any atom is 0.337 e. The molecule has 5 heteroatoms. The van der Waals surface area contributed by atoms with E-state index >= 15 is 0 Å². The molecule has 1 N–H and O–H groups in total. The van der Waals surface area contributed by atoms with Crippen molar-refractivity contribution in [3.05, 3.63) is 22.8 Å². The van der Waals surface area contributed by atoms with Gasteiger partial charge in [0.1, 0.15) is 5.82 Å². The molecule has 0 aromatic carbocycles. The van der Waals surface area contributed by atoms with Gasteiger partial charge in [-0.1, -0.05) is 25.4 Å². The molecule has 20 heavy (non-hydrogen) atoms. The lowest BCUT2D eigenvalue weighted by molar-refractivity contribution is 0.0697. The van der Waals surface area contributed by atoms with Crippen molar-refractivity contribution in [2.75, 3.05) is 18.0 Å². The lowest BCUT2D eigenvalue weighted by Gasteiger charge is -2.23. The molecule has 2 heterocycles. The van der Waals surface area contributed by atoms with E-state index in [0.717, 1.165) is 31.8 Å². The average Bonchev–Trinajstić information content (AvgIpc) is 2.64. The van der Waals surface area contributed by atoms with Gasteiger partial charge in [0.15, 0.2) is 0 Å². The van der Waals surface area contributed by atoms with Gasteiger partial charge in [0.05, 0.1) is 10.6 Å². The fourth-order valence-corrected chi connectivity index (χ4v) is 3.13. The van der Waals surface area contributed by atoms with Gasteiger partial charge in [0.25, 0.3) is 0 Å². The Balaban J connectivity index is 2.20. The minimum atomic E-state index is -1.01. The Morgan fingerprint density at radius 1 is 1.45 bits per heavy atom. The number of carboxylic acids is 1. The molecule has 0 radical (unpaired) electrons. The summed E-state index contributed by atoms with van der Waals surface area (Å²) in [6.07, 6.45) is 4.94. The topological polar surface area (TPSA) is 53.4 Å². The molecule has 1 fully saturated rings. The normalized spacial score (nSPS) is 20.0. The van der Waals surface area contributed by atoms with E-state index in [1.54, 1.807) is 0 Å². The second kappa shape index (κ2) is 6.44. The quantitative estimate of drug-likeness (QED) is 0.924. The number of rotatable bonds is 3. The van der Waals surface area contributed by atoms with Gasteiger partial charge in [0, 0.05) is 19.3 Å². The van der Waals surface area contributed by atoms with Crippen molar-refractivity contribution in [3.8, 4) is 0 Å². The smallest absolute Gasteiger partial charge is 0.337 e. The molecule has 1 aliphatic heterocycles. The van der Waals surface area contributed by atoms with Crippen molar-refractivity contribution in [2.24, 2.45) is 11.8 Å². The first-order valence-electron chi connectivity index (χ1n) is 7.13. The molecule has 2 rings (SSSR count). The van der Waals surface area contributed by atoms with Gasteiger partial charge in [-0.3, -0.25) is 0 Å². The van der Waals surface area contributed by atoms with Crippen LogP contribution in [0.1, 0.15) is 43.5 Å². The molecule has 1 saturated heterocycles. The van der Waals surface area contributed by atoms with Crippen LogP contribution in [0.4, 0.5) is 5.82 Å². The lowest BCUT2D eigenvalue weighted by Crippen LogP contribution is -2.26. The van der Waals surface area contributed by atoms with E-state index in [2.05, 4.69) is 23.7 Å². The Labute approximate surface area is 124 Å². The summed E-state index contributed by atoms with van der Waals surface area (Å²) < 4.78 is 0. The van der Waals surface area contributed by atoms with Crippen molar-refractivity contribution < 1.29 is 9.90 Å². The summed E-state index contributed by atoms with van der Waals surface area (Å²) in [5.74, 6) is 1.01. The van der Waals surface area contributed by atoms with E-state index in [4.69, 9.17) is 16.7 Å². The minimum Gasteiger partial charge on any atom is -0.478 e. The van der Waals surface area contributed by atoms with Crippen molar-refractivity contribution in [3.63, 3.8) is 0 Å². The zero-order valence-electron chi connectivity index (χ0n) is 12.0. The maximum absolute atomic E-state index is 11.1. The second-order valence-corrected chi connectivity index (χ2v) is 6.10. The van der Waals surface area contributed by atoms with Gasteiger partial charge < -0.3 is 10.0 Å². The predicted molar refractivity (Wildman–Crippen MR) is 80.6 cm³/mol. The molecule has 0 aliphatic carbocycles. The standard InChI is InChI=1S/C15H21ClN2O2/c1-10(2)11-4-3-8-18(9-6-11)14-13(16)12(15(19)20)5-7-17-14/h5,7,10-11H,3-4,6,8-9H2,1-2H3,(H,19,20). The van der Waals surface area contributed by atoms with Crippen molar-refractivity contribution in [1.29, 1.82) is 0 Å². The number of aromatic nitrogens is 1. The SMILES string of the molecule is CC(C)C1CCCN(c2nccc(C(=O)O)c2Cl)CC1. The van der Waals surface area contributed by atoms with Crippen LogP contribution in [0.5, 0.6) is 0 Å². The molecule has 110 valence electrons. The Hall–Kier alpha value is -1.29. The molecular weight excluding hydrogens is 276 g/mol. The molecule has 0 amide bonds. The summed E-state index contributed by atoms with van der Waals surface area (Å²) >= 11 is 6.20. The van der Waals surface area contributed by atoms with Crippen LogP contribution in [0, 0.1) is 11.8 Å². The van der Waals surface area contributed by atoms with E-state index in [0.29, 0.717) is 11.7 Å². The van der Waals surface area contributed by atoms with E-state index < -0.39 is 5.97 Å². The molecule has 4 nitrogen and oxygen atoms in total. The zero-order valence-corrected chi connectivity index (χ0v) is 12.7. The highest BCUT2D eigenvalue weighted by molar-refractivity contribution is 6.35. The number of carbonyl (C=O) groups is 1. The van der Waals surface area contributed by atoms with Crippen LogP contribution in [-0.2, 0) is 0 Å². The summed E-state index contributed by atoms with van der Waals surface area (Å²) in [6, 6.07) is 1.45. The molecule has 0 saturated carbocycles. The number of carboxylic acid groups (broad SMARTS) is 1. The van der Waals surface area contributed by atoms with Crippen LogP contribution in [-0.4, -0.2) is 29.1 Å². The number of halogens is 1. The zero-order chi connectivity index (χ0) is 14.7.